The summed E-state index contributed by atoms with van der Waals surface area (Å²) in [4.78, 5) is 22.7. The quantitative estimate of drug-likeness (QED) is 0.614. The van der Waals surface area contributed by atoms with Crippen molar-refractivity contribution in [2.45, 2.75) is 13.0 Å². The summed E-state index contributed by atoms with van der Waals surface area (Å²) < 4.78 is 10.5. The summed E-state index contributed by atoms with van der Waals surface area (Å²) in [5.74, 6) is 1.65. The second-order valence-electron chi connectivity index (χ2n) is 6.24. The van der Waals surface area contributed by atoms with Crippen molar-refractivity contribution < 1.29 is 14.3 Å². The molecule has 8 nitrogen and oxygen atoms in total. The Morgan fingerprint density at radius 3 is 2.59 bits per heavy atom. The van der Waals surface area contributed by atoms with Gasteiger partial charge in [0.1, 0.15) is 17.8 Å². The van der Waals surface area contributed by atoms with Crippen LogP contribution in [0.15, 0.2) is 30.6 Å². The standard InChI is InChI=1S/C19H27N5O3/c1-24(2)9-5-8-20-18-11-15(22-13-23-18)19(25)21-12-14-6-7-16(26-3)17(10-14)27-4/h6-7,10-11,13H,5,8-9,12H2,1-4H3,(H,21,25)(H,20,22,23). The lowest BCUT2D eigenvalue weighted by Crippen LogP contribution is -2.24. The number of rotatable bonds is 10. The number of aromatic nitrogens is 2. The summed E-state index contributed by atoms with van der Waals surface area (Å²) in [5.41, 5.74) is 1.22. The normalized spacial score (nSPS) is 10.6. The van der Waals surface area contributed by atoms with Crippen molar-refractivity contribution >= 4 is 11.7 Å². The van der Waals surface area contributed by atoms with Gasteiger partial charge in [-0.3, -0.25) is 4.79 Å². The topological polar surface area (TPSA) is 88.6 Å². The summed E-state index contributed by atoms with van der Waals surface area (Å²) in [5, 5.41) is 6.06. The number of hydrogen-bond donors (Lipinski definition) is 2. The van der Waals surface area contributed by atoms with Crippen LogP contribution >= 0.6 is 0 Å². The molecule has 0 unspecified atom stereocenters. The fourth-order valence-electron chi connectivity index (χ4n) is 2.45. The number of carbonyl (C=O) groups excluding carboxylic acids is 1. The van der Waals surface area contributed by atoms with Crippen LogP contribution in [0.4, 0.5) is 5.82 Å². The Morgan fingerprint density at radius 2 is 1.89 bits per heavy atom. The first-order valence-electron chi connectivity index (χ1n) is 8.73. The van der Waals surface area contributed by atoms with Crippen molar-refractivity contribution in [2.24, 2.45) is 0 Å². The number of anilines is 1. The molecule has 0 aliphatic rings. The molecular formula is C19H27N5O3. The van der Waals surface area contributed by atoms with Gasteiger partial charge in [-0.1, -0.05) is 6.07 Å². The van der Waals surface area contributed by atoms with Crippen molar-refractivity contribution in [3.8, 4) is 11.5 Å². The van der Waals surface area contributed by atoms with Crippen LogP contribution in [-0.4, -0.2) is 62.2 Å². The largest absolute Gasteiger partial charge is 0.493 e. The molecule has 27 heavy (non-hydrogen) atoms. The molecule has 0 aliphatic carbocycles. The molecule has 0 saturated carbocycles. The lowest BCUT2D eigenvalue weighted by Gasteiger charge is -2.11. The molecule has 8 heteroatoms. The van der Waals surface area contributed by atoms with Gasteiger partial charge in [0, 0.05) is 19.2 Å². The minimum Gasteiger partial charge on any atom is -0.493 e. The number of carbonyl (C=O) groups is 1. The lowest BCUT2D eigenvalue weighted by atomic mass is 10.2. The Kier molecular flexibility index (Phi) is 7.81. The molecule has 2 aromatic rings. The Bertz CT molecular complexity index is 752. The molecule has 0 bridgehead atoms. The number of hydrogen-bond acceptors (Lipinski definition) is 7. The van der Waals surface area contributed by atoms with Crippen LogP contribution in [0, 0.1) is 0 Å². The molecule has 1 heterocycles. The van der Waals surface area contributed by atoms with Gasteiger partial charge in [0.25, 0.3) is 5.91 Å². The maximum atomic E-state index is 12.4. The van der Waals surface area contributed by atoms with Gasteiger partial charge in [-0.05, 0) is 44.8 Å². The third-order valence-corrected chi connectivity index (χ3v) is 3.89. The molecule has 1 aromatic carbocycles. The highest BCUT2D eigenvalue weighted by molar-refractivity contribution is 5.92. The van der Waals surface area contributed by atoms with E-state index in [1.165, 1.54) is 6.33 Å². The van der Waals surface area contributed by atoms with Crippen LogP contribution in [0.1, 0.15) is 22.5 Å². The van der Waals surface area contributed by atoms with E-state index in [1.54, 1.807) is 26.4 Å². The van der Waals surface area contributed by atoms with E-state index in [0.29, 0.717) is 29.6 Å². The second-order valence-corrected chi connectivity index (χ2v) is 6.24. The predicted octanol–water partition coefficient (Wildman–Crippen LogP) is 1.79. The molecule has 146 valence electrons. The number of benzene rings is 1. The Morgan fingerprint density at radius 1 is 1.11 bits per heavy atom. The fourth-order valence-corrected chi connectivity index (χ4v) is 2.45. The average Bonchev–Trinajstić information content (AvgIpc) is 2.69. The first-order chi connectivity index (χ1) is 13.0. The van der Waals surface area contributed by atoms with Crippen molar-refractivity contribution in [3.05, 3.63) is 41.9 Å². The van der Waals surface area contributed by atoms with E-state index in [4.69, 9.17) is 9.47 Å². The van der Waals surface area contributed by atoms with Gasteiger partial charge >= 0.3 is 0 Å². The minimum atomic E-state index is -0.261. The van der Waals surface area contributed by atoms with Gasteiger partial charge in [0.2, 0.25) is 0 Å². The van der Waals surface area contributed by atoms with E-state index in [0.717, 1.165) is 25.1 Å². The molecule has 0 saturated heterocycles. The van der Waals surface area contributed by atoms with Gasteiger partial charge < -0.3 is 25.0 Å². The van der Waals surface area contributed by atoms with Crippen LogP contribution in [-0.2, 0) is 6.54 Å². The Hall–Kier alpha value is -2.87. The first kappa shape index (κ1) is 20.4. The van der Waals surface area contributed by atoms with E-state index in [1.807, 2.05) is 26.2 Å². The van der Waals surface area contributed by atoms with Crippen molar-refractivity contribution in [2.75, 3.05) is 46.7 Å². The lowest BCUT2D eigenvalue weighted by molar-refractivity contribution is 0.0945. The maximum Gasteiger partial charge on any atom is 0.270 e. The molecule has 0 atom stereocenters. The number of ether oxygens (including phenoxy) is 2. The number of methoxy groups -OCH3 is 2. The summed E-state index contributed by atoms with van der Waals surface area (Å²) in [6, 6.07) is 7.16. The van der Waals surface area contributed by atoms with E-state index in [9.17, 15) is 4.79 Å². The number of nitrogens with one attached hydrogen (secondary N) is 2. The molecule has 0 aliphatic heterocycles. The van der Waals surface area contributed by atoms with E-state index in [-0.39, 0.29) is 5.91 Å². The monoisotopic (exact) mass is 373 g/mol. The highest BCUT2D eigenvalue weighted by atomic mass is 16.5. The zero-order valence-electron chi connectivity index (χ0n) is 16.3. The average molecular weight is 373 g/mol. The predicted molar refractivity (Wildman–Crippen MR) is 104 cm³/mol. The molecule has 0 radical (unpaired) electrons. The van der Waals surface area contributed by atoms with Crippen LogP contribution in [0.5, 0.6) is 11.5 Å². The summed E-state index contributed by atoms with van der Waals surface area (Å²) in [6.45, 7) is 2.12. The summed E-state index contributed by atoms with van der Waals surface area (Å²) >= 11 is 0. The van der Waals surface area contributed by atoms with Gasteiger partial charge in [-0.15, -0.1) is 0 Å². The third-order valence-electron chi connectivity index (χ3n) is 3.89. The van der Waals surface area contributed by atoms with Crippen molar-refractivity contribution in [1.29, 1.82) is 0 Å². The van der Waals surface area contributed by atoms with Crippen LogP contribution in [0.3, 0.4) is 0 Å². The molecule has 1 aromatic heterocycles. The highest BCUT2D eigenvalue weighted by Gasteiger charge is 2.10. The van der Waals surface area contributed by atoms with Crippen LogP contribution in [0.2, 0.25) is 0 Å². The number of amides is 1. The van der Waals surface area contributed by atoms with E-state index < -0.39 is 0 Å². The highest BCUT2D eigenvalue weighted by Crippen LogP contribution is 2.27. The van der Waals surface area contributed by atoms with E-state index in [2.05, 4.69) is 25.5 Å². The second kappa shape index (κ2) is 10.3. The van der Waals surface area contributed by atoms with Gasteiger partial charge in [0.05, 0.1) is 14.2 Å². The molecule has 2 rings (SSSR count). The van der Waals surface area contributed by atoms with Gasteiger partial charge in [-0.2, -0.15) is 0 Å². The van der Waals surface area contributed by atoms with Gasteiger partial charge in [-0.25, -0.2) is 9.97 Å². The number of nitrogens with zero attached hydrogens (tertiary/aromatic N) is 3. The van der Waals surface area contributed by atoms with Crippen molar-refractivity contribution in [1.82, 2.24) is 20.2 Å². The van der Waals surface area contributed by atoms with Gasteiger partial charge in [0.15, 0.2) is 11.5 Å². The SMILES string of the molecule is COc1ccc(CNC(=O)c2cc(NCCCN(C)C)ncn2)cc1OC. The Balaban J connectivity index is 1.91. The Labute approximate surface area is 159 Å². The summed E-state index contributed by atoms with van der Waals surface area (Å²) in [6.07, 6.45) is 2.37. The summed E-state index contributed by atoms with van der Waals surface area (Å²) in [7, 11) is 7.23. The smallest absolute Gasteiger partial charge is 0.270 e. The third kappa shape index (κ3) is 6.41. The molecular weight excluding hydrogens is 346 g/mol. The molecule has 0 fully saturated rings. The molecule has 2 N–H and O–H groups in total. The van der Waals surface area contributed by atoms with Crippen molar-refractivity contribution in [3.63, 3.8) is 0 Å². The minimum absolute atomic E-state index is 0.261. The van der Waals surface area contributed by atoms with Crippen LogP contribution < -0.4 is 20.1 Å². The molecule has 0 spiro atoms. The van der Waals surface area contributed by atoms with Crippen LogP contribution in [0.25, 0.3) is 0 Å². The zero-order chi connectivity index (χ0) is 19.6. The maximum absolute atomic E-state index is 12.4. The molecule has 1 amide bonds. The first-order valence-corrected chi connectivity index (χ1v) is 8.73. The zero-order valence-corrected chi connectivity index (χ0v) is 16.3. The van der Waals surface area contributed by atoms with E-state index >= 15 is 0 Å². The fraction of sp³-hybridized carbons (Fsp3) is 0.421.